The van der Waals surface area contributed by atoms with Crippen LogP contribution >= 0.6 is 0 Å². The number of nitrogens with zero attached hydrogens (tertiary/aromatic N) is 2. The van der Waals surface area contributed by atoms with Crippen molar-refractivity contribution in [2.45, 2.75) is 46.7 Å². The second-order valence-electron chi connectivity index (χ2n) is 6.81. The zero-order chi connectivity index (χ0) is 19.6. The van der Waals surface area contributed by atoms with E-state index < -0.39 is 11.8 Å². The Bertz CT molecular complexity index is 986. The van der Waals surface area contributed by atoms with E-state index in [-0.39, 0.29) is 6.04 Å². The highest BCUT2D eigenvalue weighted by Crippen LogP contribution is 2.24. The van der Waals surface area contributed by atoms with Gasteiger partial charge in [0, 0.05) is 53.7 Å². The Morgan fingerprint density at radius 1 is 1.26 bits per heavy atom. The standard InChI is InChI=1S/C20H25N5O2/c1-5-18-21-8-9-25(18)11-12(2)22-19(26)20(27)24-15-6-7-17-16(10-15)13(3)14(4)23-17/h6-10,12,23H,5,11H2,1-4H3,(H,22,26)(H,24,27). The molecular formula is C20H25N5O2. The van der Waals surface area contributed by atoms with E-state index >= 15 is 0 Å². The van der Waals surface area contributed by atoms with Crippen molar-refractivity contribution in [2.24, 2.45) is 0 Å². The van der Waals surface area contributed by atoms with Crippen LogP contribution in [0.15, 0.2) is 30.6 Å². The van der Waals surface area contributed by atoms with Gasteiger partial charge in [-0.2, -0.15) is 0 Å². The summed E-state index contributed by atoms with van der Waals surface area (Å²) in [6.45, 7) is 8.49. The van der Waals surface area contributed by atoms with Crippen molar-refractivity contribution in [2.75, 3.05) is 5.32 Å². The third-order valence-corrected chi connectivity index (χ3v) is 4.74. The van der Waals surface area contributed by atoms with Crippen LogP contribution in [0, 0.1) is 13.8 Å². The van der Waals surface area contributed by atoms with E-state index in [0.29, 0.717) is 12.2 Å². The topological polar surface area (TPSA) is 91.8 Å². The molecule has 2 aromatic heterocycles. The third-order valence-electron chi connectivity index (χ3n) is 4.74. The summed E-state index contributed by atoms with van der Waals surface area (Å²) >= 11 is 0. The number of anilines is 1. The number of hydrogen-bond donors (Lipinski definition) is 3. The molecule has 0 spiro atoms. The third kappa shape index (κ3) is 4.02. The smallest absolute Gasteiger partial charge is 0.313 e. The number of aryl methyl sites for hydroxylation is 3. The second-order valence-corrected chi connectivity index (χ2v) is 6.81. The van der Waals surface area contributed by atoms with Crippen LogP contribution < -0.4 is 10.6 Å². The molecule has 0 aliphatic heterocycles. The van der Waals surface area contributed by atoms with E-state index in [4.69, 9.17) is 0 Å². The van der Waals surface area contributed by atoms with Crippen LogP contribution in [-0.2, 0) is 22.6 Å². The number of carbonyl (C=O) groups excluding carboxylic acids is 2. The Morgan fingerprint density at radius 2 is 2.04 bits per heavy atom. The van der Waals surface area contributed by atoms with Crippen molar-refractivity contribution in [3.05, 3.63) is 47.7 Å². The van der Waals surface area contributed by atoms with Crippen LogP contribution in [0.3, 0.4) is 0 Å². The number of rotatable bonds is 5. The summed E-state index contributed by atoms with van der Waals surface area (Å²) in [5, 5.41) is 6.44. The maximum atomic E-state index is 12.2. The van der Waals surface area contributed by atoms with Gasteiger partial charge >= 0.3 is 11.8 Å². The fourth-order valence-electron chi connectivity index (χ4n) is 3.18. The van der Waals surface area contributed by atoms with Crippen LogP contribution in [0.1, 0.15) is 30.9 Å². The minimum absolute atomic E-state index is 0.195. The van der Waals surface area contributed by atoms with E-state index in [2.05, 4.69) is 20.6 Å². The summed E-state index contributed by atoms with van der Waals surface area (Å²) < 4.78 is 1.98. The molecule has 0 aliphatic carbocycles. The first-order valence-electron chi connectivity index (χ1n) is 9.09. The lowest BCUT2D eigenvalue weighted by atomic mass is 10.1. The summed E-state index contributed by atoms with van der Waals surface area (Å²) in [7, 11) is 0. The number of hydrogen-bond acceptors (Lipinski definition) is 3. The van der Waals surface area contributed by atoms with E-state index in [9.17, 15) is 9.59 Å². The number of aromatic amines is 1. The normalized spacial score (nSPS) is 12.1. The second kappa shape index (κ2) is 7.65. The van der Waals surface area contributed by atoms with Crippen LogP contribution in [0.2, 0.25) is 0 Å². The summed E-state index contributed by atoms with van der Waals surface area (Å²) in [4.78, 5) is 32.0. The van der Waals surface area contributed by atoms with Gasteiger partial charge in [0.05, 0.1) is 0 Å². The molecule has 7 nitrogen and oxygen atoms in total. The first-order chi connectivity index (χ1) is 12.9. The average Bonchev–Trinajstić information content (AvgIpc) is 3.19. The van der Waals surface area contributed by atoms with E-state index in [1.54, 1.807) is 12.3 Å². The molecule has 3 N–H and O–H groups in total. The van der Waals surface area contributed by atoms with Gasteiger partial charge in [-0.3, -0.25) is 9.59 Å². The first-order valence-corrected chi connectivity index (χ1v) is 9.09. The summed E-state index contributed by atoms with van der Waals surface area (Å²) in [5.41, 5.74) is 3.82. The molecule has 3 aromatic rings. The van der Waals surface area contributed by atoms with Gasteiger partial charge in [0.2, 0.25) is 0 Å². The van der Waals surface area contributed by atoms with E-state index in [1.807, 2.05) is 50.6 Å². The molecule has 2 amide bonds. The fourth-order valence-corrected chi connectivity index (χ4v) is 3.18. The molecule has 1 unspecified atom stereocenters. The quantitative estimate of drug-likeness (QED) is 0.606. The predicted octanol–water partition coefficient (Wildman–Crippen LogP) is 2.69. The van der Waals surface area contributed by atoms with Gasteiger partial charge in [-0.1, -0.05) is 6.92 Å². The van der Waals surface area contributed by atoms with Crippen molar-refractivity contribution in [1.82, 2.24) is 19.9 Å². The van der Waals surface area contributed by atoms with Crippen LogP contribution in [0.4, 0.5) is 5.69 Å². The van der Waals surface area contributed by atoms with E-state index in [1.165, 1.54) is 0 Å². The number of carbonyl (C=O) groups is 2. The number of amides is 2. The van der Waals surface area contributed by atoms with Gasteiger partial charge in [0.25, 0.3) is 0 Å². The summed E-state index contributed by atoms with van der Waals surface area (Å²) in [5.74, 6) is -0.374. The molecule has 0 radical (unpaired) electrons. The average molecular weight is 367 g/mol. The van der Waals surface area contributed by atoms with Gasteiger partial charge in [0.1, 0.15) is 5.82 Å². The molecule has 3 rings (SSSR count). The number of nitrogens with one attached hydrogen (secondary N) is 3. The monoisotopic (exact) mass is 367 g/mol. The molecule has 2 heterocycles. The number of aromatic nitrogens is 3. The van der Waals surface area contributed by atoms with Crippen molar-refractivity contribution >= 4 is 28.4 Å². The number of fused-ring (bicyclic) bond motifs is 1. The molecule has 7 heteroatoms. The van der Waals surface area contributed by atoms with Crippen molar-refractivity contribution in [3.63, 3.8) is 0 Å². The number of imidazole rings is 1. The highest BCUT2D eigenvalue weighted by molar-refractivity contribution is 6.39. The highest BCUT2D eigenvalue weighted by Gasteiger charge is 2.17. The molecule has 0 saturated carbocycles. The molecule has 0 saturated heterocycles. The Labute approximate surface area is 158 Å². The lowest BCUT2D eigenvalue weighted by Crippen LogP contribution is -2.42. The van der Waals surface area contributed by atoms with Crippen LogP contribution in [0.5, 0.6) is 0 Å². The summed E-state index contributed by atoms with van der Waals surface area (Å²) in [6, 6.07) is 5.36. The van der Waals surface area contributed by atoms with Crippen LogP contribution in [-0.4, -0.2) is 32.4 Å². The van der Waals surface area contributed by atoms with Gasteiger partial charge in [-0.15, -0.1) is 0 Å². The molecule has 142 valence electrons. The van der Waals surface area contributed by atoms with Crippen molar-refractivity contribution in [1.29, 1.82) is 0 Å². The molecular weight excluding hydrogens is 342 g/mol. The lowest BCUT2D eigenvalue weighted by molar-refractivity contribution is -0.136. The highest BCUT2D eigenvalue weighted by atomic mass is 16.2. The SMILES string of the molecule is CCc1nccn1CC(C)NC(=O)C(=O)Nc1ccc2[nH]c(C)c(C)c2c1. The molecule has 1 atom stereocenters. The fraction of sp³-hybridized carbons (Fsp3) is 0.350. The van der Waals surface area contributed by atoms with Gasteiger partial charge in [-0.25, -0.2) is 4.98 Å². The Morgan fingerprint density at radius 3 is 2.78 bits per heavy atom. The zero-order valence-corrected chi connectivity index (χ0v) is 16.1. The Hall–Kier alpha value is -3.09. The van der Waals surface area contributed by atoms with E-state index in [0.717, 1.165) is 34.4 Å². The van der Waals surface area contributed by atoms with Gasteiger partial charge in [0.15, 0.2) is 0 Å². The number of H-pyrrole nitrogens is 1. The molecule has 27 heavy (non-hydrogen) atoms. The first kappa shape index (κ1) is 18.7. The van der Waals surface area contributed by atoms with Gasteiger partial charge < -0.3 is 20.2 Å². The minimum Gasteiger partial charge on any atom is -0.358 e. The zero-order valence-electron chi connectivity index (χ0n) is 16.1. The lowest BCUT2D eigenvalue weighted by Gasteiger charge is -2.16. The van der Waals surface area contributed by atoms with Crippen molar-refractivity contribution in [3.8, 4) is 0 Å². The largest absolute Gasteiger partial charge is 0.358 e. The molecule has 0 bridgehead atoms. The Kier molecular flexibility index (Phi) is 5.30. The van der Waals surface area contributed by atoms with Gasteiger partial charge in [-0.05, 0) is 44.5 Å². The molecule has 1 aromatic carbocycles. The number of benzene rings is 1. The summed E-state index contributed by atoms with van der Waals surface area (Å²) in [6.07, 6.45) is 4.42. The molecule has 0 fully saturated rings. The Balaban J connectivity index is 1.62. The minimum atomic E-state index is -0.674. The molecule has 0 aliphatic rings. The predicted molar refractivity (Wildman–Crippen MR) is 106 cm³/mol. The maximum absolute atomic E-state index is 12.2. The van der Waals surface area contributed by atoms with Crippen LogP contribution in [0.25, 0.3) is 10.9 Å². The maximum Gasteiger partial charge on any atom is 0.313 e. The van der Waals surface area contributed by atoms with Crippen molar-refractivity contribution < 1.29 is 9.59 Å².